The molecule has 0 bridgehead atoms. The summed E-state index contributed by atoms with van der Waals surface area (Å²) in [6, 6.07) is 13.0. The van der Waals surface area contributed by atoms with Crippen LogP contribution in [0.3, 0.4) is 0 Å². The molecule has 1 aromatic heterocycles. The maximum atomic E-state index is 12.6. The molecular weight excluding hydrogens is 404 g/mol. The van der Waals surface area contributed by atoms with Gasteiger partial charge in [0.05, 0.1) is 14.2 Å². The summed E-state index contributed by atoms with van der Waals surface area (Å²) in [4.78, 5) is 12.6. The SMILES string of the molecule is COc1cc(C(=O)NCCc2n[nH]c(=S)n2C)cc(OC)c1OCc1ccccc1. The summed E-state index contributed by atoms with van der Waals surface area (Å²) in [6.07, 6.45) is 0.544. The highest BCUT2D eigenvalue weighted by molar-refractivity contribution is 7.71. The van der Waals surface area contributed by atoms with E-state index >= 15 is 0 Å². The molecule has 0 spiro atoms. The Kier molecular flexibility index (Phi) is 7.08. The van der Waals surface area contributed by atoms with Gasteiger partial charge >= 0.3 is 0 Å². The number of amides is 1. The summed E-state index contributed by atoms with van der Waals surface area (Å²) >= 11 is 5.09. The predicted molar refractivity (Wildman–Crippen MR) is 115 cm³/mol. The molecule has 0 saturated carbocycles. The number of nitrogens with zero attached hydrogens (tertiary/aromatic N) is 2. The third-order valence-corrected chi connectivity index (χ3v) is 4.92. The van der Waals surface area contributed by atoms with E-state index in [0.29, 0.717) is 47.2 Å². The average Bonchev–Trinajstić information content (AvgIpc) is 3.09. The standard InChI is InChI=1S/C21H24N4O4S/c1-25-18(23-24-21(25)30)9-10-22-20(26)15-11-16(27-2)19(17(12-15)28-3)29-13-14-7-5-4-6-8-14/h4-8,11-12H,9-10,13H2,1-3H3,(H,22,26)(H,24,30). The Hall–Kier alpha value is -3.33. The van der Waals surface area contributed by atoms with Gasteiger partial charge in [-0.1, -0.05) is 30.3 Å². The monoisotopic (exact) mass is 428 g/mol. The minimum atomic E-state index is -0.252. The van der Waals surface area contributed by atoms with Crippen LogP contribution < -0.4 is 19.5 Å². The van der Waals surface area contributed by atoms with Gasteiger partial charge in [-0.05, 0) is 29.9 Å². The predicted octanol–water partition coefficient (Wildman–Crippen LogP) is 3.05. The zero-order valence-electron chi connectivity index (χ0n) is 17.1. The fraction of sp³-hybridized carbons (Fsp3) is 0.286. The molecule has 0 fully saturated rings. The van der Waals surface area contributed by atoms with Gasteiger partial charge in [-0.25, -0.2) is 0 Å². The number of aromatic nitrogens is 3. The van der Waals surface area contributed by atoms with Crippen molar-refractivity contribution in [1.29, 1.82) is 0 Å². The normalized spacial score (nSPS) is 10.5. The van der Waals surface area contributed by atoms with Crippen LogP contribution in [0.25, 0.3) is 0 Å². The Morgan fingerprint density at radius 3 is 2.40 bits per heavy atom. The lowest BCUT2D eigenvalue weighted by Crippen LogP contribution is -2.26. The molecule has 9 heteroatoms. The van der Waals surface area contributed by atoms with Crippen LogP contribution >= 0.6 is 12.2 Å². The number of hydrogen-bond acceptors (Lipinski definition) is 6. The van der Waals surface area contributed by atoms with Crippen LogP contribution in [-0.4, -0.2) is 41.4 Å². The van der Waals surface area contributed by atoms with Crippen molar-refractivity contribution in [3.05, 3.63) is 64.2 Å². The van der Waals surface area contributed by atoms with Gasteiger partial charge < -0.3 is 24.1 Å². The van der Waals surface area contributed by atoms with Crippen LogP contribution in [0.2, 0.25) is 0 Å². The number of hydrogen-bond donors (Lipinski definition) is 2. The lowest BCUT2D eigenvalue weighted by molar-refractivity contribution is 0.0953. The van der Waals surface area contributed by atoms with E-state index in [0.717, 1.165) is 11.4 Å². The third kappa shape index (κ3) is 4.98. The Labute approximate surface area is 179 Å². The molecule has 8 nitrogen and oxygen atoms in total. The Bertz CT molecular complexity index is 1040. The van der Waals surface area contributed by atoms with Crippen molar-refractivity contribution in [1.82, 2.24) is 20.1 Å². The van der Waals surface area contributed by atoms with Crippen molar-refractivity contribution >= 4 is 18.1 Å². The maximum absolute atomic E-state index is 12.6. The number of benzene rings is 2. The first-order valence-corrected chi connectivity index (χ1v) is 9.75. The van der Waals surface area contributed by atoms with Crippen molar-refractivity contribution < 1.29 is 19.0 Å². The molecule has 2 N–H and O–H groups in total. The van der Waals surface area contributed by atoms with E-state index in [1.54, 1.807) is 16.7 Å². The molecule has 1 heterocycles. The number of nitrogens with one attached hydrogen (secondary N) is 2. The molecule has 0 saturated heterocycles. The Morgan fingerprint density at radius 2 is 1.83 bits per heavy atom. The molecule has 0 aliphatic rings. The summed E-state index contributed by atoms with van der Waals surface area (Å²) in [6.45, 7) is 0.758. The maximum Gasteiger partial charge on any atom is 0.251 e. The van der Waals surface area contributed by atoms with Crippen molar-refractivity contribution in [2.75, 3.05) is 20.8 Å². The molecule has 0 aliphatic heterocycles. The number of ether oxygens (including phenoxy) is 3. The van der Waals surface area contributed by atoms with Gasteiger partial charge in [0, 0.05) is 25.6 Å². The van der Waals surface area contributed by atoms with Gasteiger partial charge in [0.15, 0.2) is 16.3 Å². The number of aromatic amines is 1. The van der Waals surface area contributed by atoms with Crippen LogP contribution in [0, 0.1) is 4.77 Å². The molecule has 158 valence electrons. The fourth-order valence-electron chi connectivity index (χ4n) is 2.88. The quantitative estimate of drug-likeness (QED) is 0.509. The van der Waals surface area contributed by atoms with Gasteiger partial charge in [-0.2, -0.15) is 5.10 Å². The number of methoxy groups -OCH3 is 2. The molecule has 2 aromatic carbocycles. The van der Waals surface area contributed by atoms with Gasteiger partial charge in [0.25, 0.3) is 5.91 Å². The van der Waals surface area contributed by atoms with E-state index in [4.69, 9.17) is 26.4 Å². The topological polar surface area (TPSA) is 90.4 Å². The minimum absolute atomic E-state index is 0.252. The molecule has 3 rings (SSSR count). The summed E-state index contributed by atoms with van der Waals surface area (Å²) in [5.74, 6) is 1.80. The third-order valence-electron chi connectivity index (χ3n) is 4.56. The van der Waals surface area contributed by atoms with Gasteiger partial charge in [0.2, 0.25) is 5.75 Å². The van der Waals surface area contributed by atoms with Crippen LogP contribution in [0.1, 0.15) is 21.7 Å². The molecule has 3 aromatic rings. The van der Waals surface area contributed by atoms with E-state index < -0.39 is 0 Å². The lowest BCUT2D eigenvalue weighted by atomic mass is 10.1. The van der Waals surface area contributed by atoms with E-state index in [1.807, 2.05) is 37.4 Å². The first-order chi connectivity index (χ1) is 14.5. The largest absolute Gasteiger partial charge is 0.493 e. The van der Waals surface area contributed by atoms with E-state index in [1.165, 1.54) is 14.2 Å². The number of rotatable bonds is 9. The Balaban J connectivity index is 1.70. The highest BCUT2D eigenvalue weighted by atomic mass is 32.1. The highest BCUT2D eigenvalue weighted by Gasteiger charge is 2.18. The van der Waals surface area contributed by atoms with Crippen LogP contribution in [0.5, 0.6) is 17.2 Å². The second kappa shape index (κ2) is 9.93. The molecule has 1 amide bonds. The van der Waals surface area contributed by atoms with E-state index in [2.05, 4.69) is 15.5 Å². The fourth-order valence-corrected chi connectivity index (χ4v) is 3.03. The second-order valence-corrected chi connectivity index (χ2v) is 6.88. The first kappa shape index (κ1) is 21.4. The zero-order valence-corrected chi connectivity index (χ0v) is 17.9. The van der Waals surface area contributed by atoms with Crippen molar-refractivity contribution in [3.63, 3.8) is 0 Å². The van der Waals surface area contributed by atoms with Crippen molar-refractivity contribution in [3.8, 4) is 17.2 Å². The minimum Gasteiger partial charge on any atom is -0.493 e. The molecule has 0 atom stereocenters. The second-order valence-electron chi connectivity index (χ2n) is 6.49. The molecule has 30 heavy (non-hydrogen) atoms. The lowest BCUT2D eigenvalue weighted by Gasteiger charge is -2.16. The zero-order chi connectivity index (χ0) is 21.5. The van der Waals surface area contributed by atoms with Crippen LogP contribution in [-0.2, 0) is 20.1 Å². The smallest absolute Gasteiger partial charge is 0.251 e. The van der Waals surface area contributed by atoms with Crippen molar-refractivity contribution in [2.24, 2.45) is 7.05 Å². The summed E-state index contributed by atoms with van der Waals surface area (Å²) in [7, 11) is 4.87. The van der Waals surface area contributed by atoms with Crippen LogP contribution in [0.15, 0.2) is 42.5 Å². The molecule has 0 unspecified atom stereocenters. The van der Waals surface area contributed by atoms with Gasteiger partial charge in [0.1, 0.15) is 12.4 Å². The number of carbonyl (C=O) groups excluding carboxylic acids is 1. The summed E-state index contributed by atoms with van der Waals surface area (Å²) in [5, 5.41) is 9.73. The number of H-pyrrole nitrogens is 1. The van der Waals surface area contributed by atoms with Gasteiger partial charge in [-0.3, -0.25) is 9.89 Å². The summed E-state index contributed by atoms with van der Waals surface area (Å²) in [5.41, 5.74) is 1.42. The summed E-state index contributed by atoms with van der Waals surface area (Å²) < 4.78 is 19.1. The molecular formula is C21H24N4O4S. The average molecular weight is 429 g/mol. The number of carbonyl (C=O) groups is 1. The Morgan fingerprint density at radius 1 is 1.17 bits per heavy atom. The van der Waals surface area contributed by atoms with E-state index in [-0.39, 0.29) is 5.91 Å². The highest BCUT2D eigenvalue weighted by Crippen LogP contribution is 2.39. The van der Waals surface area contributed by atoms with Crippen molar-refractivity contribution in [2.45, 2.75) is 13.0 Å². The molecule has 0 aliphatic carbocycles. The van der Waals surface area contributed by atoms with Crippen LogP contribution in [0.4, 0.5) is 0 Å². The first-order valence-electron chi connectivity index (χ1n) is 9.34. The molecule has 0 radical (unpaired) electrons. The van der Waals surface area contributed by atoms with E-state index in [9.17, 15) is 4.79 Å². The van der Waals surface area contributed by atoms with Gasteiger partial charge in [-0.15, -0.1) is 0 Å².